The Morgan fingerprint density at radius 3 is 2.63 bits per heavy atom. The number of nitrogens with one attached hydrogen (secondary N) is 1. The Bertz CT molecular complexity index is 988. The number of thiazole rings is 1. The molecule has 2 aliphatic rings. The maximum absolute atomic E-state index is 12.8. The summed E-state index contributed by atoms with van der Waals surface area (Å²) in [6, 6.07) is 5.05. The largest absolute Gasteiger partial charge is 0.302 e. The first-order valence-corrected chi connectivity index (χ1v) is 13.4. The van der Waals surface area contributed by atoms with E-state index in [2.05, 4.69) is 17.2 Å². The molecule has 0 unspecified atom stereocenters. The number of sulfonamides is 1. The number of unbranched alkanes of at least 4 members (excludes halogenated alkanes) is 1. The van der Waals surface area contributed by atoms with E-state index in [0.717, 1.165) is 54.7 Å². The van der Waals surface area contributed by atoms with Crippen LogP contribution in [0.3, 0.4) is 0 Å². The third kappa shape index (κ3) is 4.70. The molecule has 1 amide bonds. The lowest BCUT2D eigenvalue weighted by Gasteiger charge is -2.27. The van der Waals surface area contributed by atoms with E-state index in [-0.39, 0.29) is 11.8 Å². The Kier molecular flexibility index (Phi) is 6.75. The molecule has 2 fully saturated rings. The van der Waals surface area contributed by atoms with E-state index in [1.807, 2.05) is 0 Å². The molecular weight excluding hydrogens is 418 g/mol. The van der Waals surface area contributed by atoms with Crippen LogP contribution in [0.4, 0.5) is 5.13 Å². The second-order valence-electron chi connectivity index (χ2n) is 8.61. The zero-order chi connectivity index (χ0) is 21.1. The molecule has 30 heavy (non-hydrogen) atoms. The highest BCUT2D eigenvalue weighted by atomic mass is 32.2. The third-order valence-corrected chi connectivity index (χ3v) is 9.30. The van der Waals surface area contributed by atoms with Crippen molar-refractivity contribution < 1.29 is 13.2 Å². The van der Waals surface area contributed by atoms with E-state index in [0.29, 0.717) is 23.1 Å². The number of carbonyl (C=O) groups is 1. The van der Waals surface area contributed by atoms with Crippen molar-refractivity contribution in [3.63, 3.8) is 0 Å². The highest BCUT2D eigenvalue weighted by Gasteiger charge is 2.28. The number of fused-ring (bicyclic) bond motifs is 1. The SMILES string of the molecule is CCCCC1CCC(C(=O)Nc2nc3ccc(S(=O)(=O)N4CCCC4)cc3s2)CC1. The summed E-state index contributed by atoms with van der Waals surface area (Å²) in [4.78, 5) is 17.5. The van der Waals surface area contributed by atoms with Crippen LogP contribution >= 0.6 is 11.3 Å². The lowest BCUT2D eigenvalue weighted by atomic mass is 9.79. The molecule has 6 nitrogen and oxygen atoms in total. The molecule has 1 aromatic carbocycles. The van der Waals surface area contributed by atoms with Gasteiger partial charge in [-0.05, 0) is 62.6 Å². The van der Waals surface area contributed by atoms with Gasteiger partial charge in [-0.3, -0.25) is 4.79 Å². The van der Waals surface area contributed by atoms with Crippen molar-refractivity contribution in [1.82, 2.24) is 9.29 Å². The minimum atomic E-state index is -3.45. The Balaban J connectivity index is 1.41. The first-order valence-electron chi connectivity index (χ1n) is 11.2. The number of hydrogen-bond acceptors (Lipinski definition) is 5. The molecule has 164 valence electrons. The van der Waals surface area contributed by atoms with E-state index in [4.69, 9.17) is 0 Å². The molecule has 2 heterocycles. The van der Waals surface area contributed by atoms with E-state index >= 15 is 0 Å². The second-order valence-corrected chi connectivity index (χ2v) is 11.6. The van der Waals surface area contributed by atoms with Crippen LogP contribution in [0.15, 0.2) is 23.1 Å². The highest BCUT2D eigenvalue weighted by Crippen LogP contribution is 2.34. The van der Waals surface area contributed by atoms with Crippen LogP contribution in [0.1, 0.15) is 64.7 Å². The summed E-state index contributed by atoms with van der Waals surface area (Å²) < 4.78 is 27.9. The second kappa shape index (κ2) is 9.32. The Labute approximate surface area is 183 Å². The van der Waals surface area contributed by atoms with Crippen molar-refractivity contribution in [2.75, 3.05) is 18.4 Å². The zero-order valence-corrected chi connectivity index (χ0v) is 19.2. The summed E-state index contributed by atoms with van der Waals surface area (Å²) in [5, 5.41) is 3.54. The van der Waals surface area contributed by atoms with Crippen LogP contribution in [0.2, 0.25) is 0 Å². The number of amides is 1. The molecule has 8 heteroatoms. The fourth-order valence-corrected chi connectivity index (χ4v) is 7.14. The van der Waals surface area contributed by atoms with Gasteiger partial charge in [0.15, 0.2) is 5.13 Å². The van der Waals surface area contributed by atoms with Crippen LogP contribution in [0.25, 0.3) is 10.2 Å². The molecule has 1 N–H and O–H groups in total. The van der Waals surface area contributed by atoms with Crippen LogP contribution < -0.4 is 5.32 Å². The lowest BCUT2D eigenvalue weighted by molar-refractivity contribution is -0.121. The molecule has 0 bridgehead atoms. The predicted octanol–water partition coefficient (Wildman–Crippen LogP) is 5.02. The van der Waals surface area contributed by atoms with Gasteiger partial charge in [0.05, 0.1) is 15.1 Å². The molecule has 4 rings (SSSR count). The smallest absolute Gasteiger partial charge is 0.243 e. The number of nitrogens with zero attached hydrogens (tertiary/aromatic N) is 2. The minimum Gasteiger partial charge on any atom is -0.302 e. The van der Waals surface area contributed by atoms with Gasteiger partial charge in [0.1, 0.15) is 0 Å². The Morgan fingerprint density at radius 2 is 1.93 bits per heavy atom. The van der Waals surface area contributed by atoms with Crippen molar-refractivity contribution in [2.24, 2.45) is 11.8 Å². The van der Waals surface area contributed by atoms with Crippen molar-refractivity contribution >= 4 is 42.6 Å². The van der Waals surface area contributed by atoms with Crippen molar-refractivity contribution in [1.29, 1.82) is 0 Å². The van der Waals surface area contributed by atoms with Gasteiger partial charge in [-0.1, -0.05) is 37.5 Å². The summed E-state index contributed by atoms with van der Waals surface area (Å²) in [6.45, 7) is 3.40. The Hall–Kier alpha value is -1.51. The van der Waals surface area contributed by atoms with Crippen LogP contribution in [0, 0.1) is 11.8 Å². The average Bonchev–Trinajstić information content (AvgIpc) is 3.42. The number of hydrogen-bond donors (Lipinski definition) is 1. The minimum absolute atomic E-state index is 0.0490. The summed E-state index contributed by atoms with van der Waals surface area (Å²) in [5.41, 5.74) is 0.721. The maximum atomic E-state index is 12.8. The quantitative estimate of drug-likeness (QED) is 0.644. The van der Waals surface area contributed by atoms with E-state index < -0.39 is 10.0 Å². The van der Waals surface area contributed by atoms with Gasteiger partial charge in [0.2, 0.25) is 15.9 Å². The monoisotopic (exact) mass is 449 g/mol. The number of benzene rings is 1. The van der Waals surface area contributed by atoms with Gasteiger partial charge >= 0.3 is 0 Å². The zero-order valence-electron chi connectivity index (χ0n) is 17.6. The lowest BCUT2D eigenvalue weighted by Crippen LogP contribution is -2.27. The molecule has 0 spiro atoms. The van der Waals surface area contributed by atoms with Crippen molar-refractivity contribution in [3.8, 4) is 0 Å². The van der Waals surface area contributed by atoms with Crippen LogP contribution in [-0.2, 0) is 14.8 Å². The van der Waals surface area contributed by atoms with Gasteiger partial charge < -0.3 is 5.32 Å². The van der Waals surface area contributed by atoms with E-state index in [1.54, 1.807) is 22.5 Å². The van der Waals surface area contributed by atoms with Crippen molar-refractivity contribution in [2.45, 2.75) is 69.6 Å². The predicted molar refractivity (Wildman–Crippen MR) is 121 cm³/mol. The standard InChI is InChI=1S/C22H31N3O3S2/c1-2-3-6-16-7-9-17(10-8-16)21(26)24-22-23-19-12-11-18(15-20(19)29-22)30(27,28)25-13-4-5-14-25/h11-12,15-17H,2-10,13-14H2,1H3,(H,23,24,26). The summed E-state index contributed by atoms with van der Waals surface area (Å²) in [7, 11) is -3.45. The molecular formula is C22H31N3O3S2. The fourth-order valence-electron chi connectivity index (χ4n) is 4.61. The molecule has 1 aliphatic heterocycles. The normalized spacial score (nSPS) is 23.1. The summed E-state index contributed by atoms with van der Waals surface area (Å²) in [5.74, 6) is 0.876. The van der Waals surface area contributed by atoms with E-state index in [1.165, 1.54) is 30.6 Å². The molecule has 1 saturated heterocycles. The number of aromatic nitrogens is 1. The molecule has 0 atom stereocenters. The van der Waals surface area contributed by atoms with Gasteiger partial charge in [0.25, 0.3) is 0 Å². The average molecular weight is 450 g/mol. The highest BCUT2D eigenvalue weighted by molar-refractivity contribution is 7.89. The van der Waals surface area contributed by atoms with E-state index in [9.17, 15) is 13.2 Å². The first kappa shape index (κ1) is 21.7. The summed E-state index contributed by atoms with van der Waals surface area (Å²) in [6.07, 6.45) is 9.79. The fraction of sp³-hybridized carbons (Fsp3) is 0.636. The van der Waals surface area contributed by atoms with Crippen LogP contribution in [-0.4, -0.2) is 36.7 Å². The van der Waals surface area contributed by atoms with Crippen LogP contribution in [0.5, 0.6) is 0 Å². The summed E-state index contributed by atoms with van der Waals surface area (Å²) >= 11 is 1.35. The number of rotatable bonds is 7. The van der Waals surface area contributed by atoms with Gasteiger partial charge in [-0.2, -0.15) is 4.31 Å². The first-order chi connectivity index (χ1) is 14.5. The maximum Gasteiger partial charge on any atom is 0.243 e. The van der Waals surface area contributed by atoms with Gasteiger partial charge in [-0.15, -0.1) is 0 Å². The number of carbonyl (C=O) groups excluding carboxylic acids is 1. The Morgan fingerprint density at radius 1 is 1.20 bits per heavy atom. The number of anilines is 1. The molecule has 1 saturated carbocycles. The molecule has 0 radical (unpaired) electrons. The third-order valence-electron chi connectivity index (χ3n) is 6.48. The molecule has 1 aliphatic carbocycles. The van der Waals surface area contributed by atoms with Gasteiger partial charge in [0, 0.05) is 19.0 Å². The topological polar surface area (TPSA) is 79.4 Å². The molecule has 2 aromatic rings. The van der Waals surface area contributed by atoms with Crippen molar-refractivity contribution in [3.05, 3.63) is 18.2 Å². The van der Waals surface area contributed by atoms with Gasteiger partial charge in [-0.25, -0.2) is 13.4 Å². The molecule has 1 aromatic heterocycles.